The first kappa shape index (κ1) is 24.4. The standard InChI is InChI=1S/C13H10BrF3O.C12H9BrO/c1-12(18,13(15,16)17)10-4-2-9-7-11(14)5-3-8(9)6-10;1-8(14)9-2-3-11-7-12(13)5-4-10(11)6-9/h2-7,18H,1H3;2-7H,1H3. The number of hydrogen-bond donors (Lipinski definition) is 1. The van der Waals surface area contributed by atoms with Crippen LogP contribution in [0.15, 0.2) is 81.7 Å². The van der Waals surface area contributed by atoms with Crippen LogP contribution in [0.4, 0.5) is 13.2 Å². The van der Waals surface area contributed by atoms with E-state index in [-0.39, 0.29) is 11.3 Å². The number of alkyl halides is 3. The van der Waals surface area contributed by atoms with Gasteiger partial charge in [0.25, 0.3) is 0 Å². The van der Waals surface area contributed by atoms with Crippen molar-refractivity contribution in [1.29, 1.82) is 0 Å². The number of carbonyl (C=O) groups excluding carboxylic acids is 1. The molecule has 0 fully saturated rings. The lowest BCUT2D eigenvalue weighted by Crippen LogP contribution is -2.39. The molecule has 2 nitrogen and oxygen atoms in total. The lowest BCUT2D eigenvalue weighted by Gasteiger charge is -2.26. The van der Waals surface area contributed by atoms with Crippen molar-refractivity contribution in [2.75, 3.05) is 0 Å². The summed E-state index contributed by atoms with van der Waals surface area (Å²) in [6.45, 7) is 2.34. The Balaban J connectivity index is 0.000000186. The van der Waals surface area contributed by atoms with Crippen LogP contribution in [0.25, 0.3) is 21.5 Å². The molecule has 0 spiro atoms. The van der Waals surface area contributed by atoms with Crippen molar-refractivity contribution in [3.8, 4) is 0 Å². The van der Waals surface area contributed by atoms with Gasteiger partial charge in [-0.25, -0.2) is 0 Å². The third kappa shape index (κ3) is 5.39. The number of rotatable bonds is 2. The van der Waals surface area contributed by atoms with E-state index in [9.17, 15) is 23.1 Å². The van der Waals surface area contributed by atoms with Gasteiger partial charge in [0, 0.05) is 14.5 Å². The van der Waals surface area contributed by atoms with Gasteiger partial charge in [0.15, 0.2) is 11.4 Å². The number of carbonyl (C=O) groups is 1. The Morgan fingerprint density at radius 1 is 0.750 bits per heavy atom. The number of benzene rings is 4. The average Bonchev–Trinajstić information content (AvgIpc) is 2.72. The second-order valence-electron chi connectivity index (χ2n) is 7.54. The molecule has 0 bridgehead atoms. The fraction of sp³-hybridized carbons (Fsp3) is 0.160. The van der Waals surface area contributed by atoms with Gasteiger partial charge in [0.05, 0.1) is 0 Å². The monoisotopic (exact) mass is 566 g/mol. The first-order valence-corrected chi connectivity index (χ1v) is 11.2. The summed E-state index contributed by atoms with van der Waals surface area (Å²) in [5.41, 5.74) is -2.24. The Morgan fingerprint density at radius 2 is 1.19 bits per heavy atom. The number of fused-ring (bicyclic) bond motifs is 2. The van der Waals surface area contributed by atoms with Crippen LogP contribution in [0.3, 0.4) is 0 Å². The molecule has 32 heavy (non-hydrogen) atoms. The summed E-state index contributed by atoms with van der Waals surface area (Å²) in [4.78, 5) is 11.1. The molecule has 4 aromatic carbocycles. The van der Waals surface area contributed by atoms with Gasteiger partial charge in [-0.2, -0.15) is 13.2 Å². The maximum absolute atomic E-state index is 12.7. The van der Waals surface area contributed by atoms with Crippen molar-refractivity contribution in [2.45, 2.75) is 25.6 Å². The van der Waals surface area contributed by atoms with E-state index in [1.54, 1.807) is 31.2 Å². The van der Waals surface area contributed by atoms with Crippen LogP contribution >= 0.6 is 31.9 Å². The van der Waals surface area contributed by atoms with Gasteiger partial charge < -0.3 is 5.11 Å². The van der Waals surface area contributed by atoms with Crippen LogP contribution in [0.1, 0.15) is 29.8 Å². The molecule has 0 heterocycles. The number of Topliss-reactive ketones (excluding diaryl/α,β-unsaturated/α-hetero) is 1. The lowest BCUT2D eigenvalue weighted by atomic mass is 9.93. The molecule has 166 valence electrons. The molecule has 0 aromatic heterocycles. The van der Waals surface area contributed by atoms with Crippen molar-refractivity contribution < 1.29 is 23.1 Å². The zero-order chi connectivity index (χ0) is 23.7. The Labute approximate surface area is 200 Å². The van der Waals surface area contributed by atoms with E-state index in [1.165, 1.54) is 12.1 Å². The molecule has 4 rings (SSSR count). The summed E-state index contributed by atoms with van der Waals surface area (Å²) >= 11 is 6.71. The molecule has 0 radical (unpaired) electrons. The predicted octanol–water partition coefficient (Wildman–Crippen LogP) is 8.18. The van der Waals surface area contributed by atoms with E-state index in [1.807, 2.05) is 36.4 Å². The molecule has 0 saturated carbocycles. The van der Waals surface area contributed by atoms with Crippen LogP contribution in [0, 0.1) is 0 Å². The summed E-state index contributed by atoms with van der Waals surface area (Å²) in [6, 6.07) is 21.2. The fourth-order valence-electron chi connectivity index (χ4n) is 3.12. The third-order valence-electron chi connectivity index (χ3n) is 5.13. The molecule has 0 aliphatic rings. The second kappa shape index (κ2) is 9.33. The highest BCUT2D eigenvalue weighted by molar-refractivity contribution is 9.10. The van der Waals surface area contributed by atoms with Crippen LogP contribution in [0.5, 0.6) is 0 Å². The first-order valence-electron chi connectivity index (χ1n) is 9.57. The lowest BCUT2D eigenvalue weighted by molar-refractivity contribution is -0.258. The molecule has 1 unspecified atom stereocenters. The van der Waals surface area contributed by atoms with Crippen LogP contribution in [0.2, 0.25) is 0 Å². The van der Waals surface area contributed by atoms with Gasteiger partial charge in [0.2, 0.25) is 0 Å². The van der Waals surface area contributed by atoms with Crippen molar-refractivity contribution in [3.05, 3.63) is 92.9 Å². The topological polar surface area (TPSA) is 37.3 Å². The van der Waals surface area contributed by atoms with Gasteiger partial charge in [-0.05, 0) is 77.4 Å². The fourth-order valence-corrected chi connectivity index (χ4v) is 3.88. The molecule has 0 aliphatic heterocycles. The van der Waals surface area contributed by atoms with E-state index in [0.717, 1.165) is 37.6 Å². The number of halogens is 5. The van der Waals surface area contributed by atoms with Crippen molar-refractivity contribution in [2.24, 2.45) is 0 Å². The summed E-state index contributed by atoms with van der Waals surface area (Å²) < 4.78 is 40.1. The molecule has 0 amide bonds. The van der Waals surface area contributed by atoms with Gasteiger partial charge in [-0.15, -0.1) is 0 Å². The number of hydrogen-bond acceptors (Lipinski definition) is 2. The van der Waals surface area contributed by atoms with Crippen molar-refractivity contribution >= 4 is 59.2 Å². The third-order valence-corrected chi connectivity index (χ3v) is 6.11. The predicted molar refractivity (Wildman–Crippen MR) is 129 cm³/mol. The van der Waals surface area contributed by atoms with E-state index < -0.39 is 11.8 Å². The van der Waals surface area contributed by atoms with Gasteiger partial charge >= 0.3 is 6.18 Å². The Hall–Kier alpha value is -2.22. The molecular weight excluding hydrogens is 549 g/mol. The first-order chi connectivity index (χ1) is 14.9. The number of ketones is 1. The maximum Gasteiger partial charge on any atom is 0.421 e. The minimum atomic E-state index is -4.70. The van der Waals surface area contributed by atoms with E-state index in [0.29, 0.717) is 5.39 Å². The highest BCUT2D eigenvalue weighted by Crippen LogP contribution is 2.39. The van der Waals surface area contributed by atoms with Crippen molar-refractivity contribution in [1.82, 2.24) is 0 Å². The largest absolute Gasteiger partial charge is 0.421 e. The summed E-state index contributed by atoms with van der Waals surface area (Å²) in [7, 11) is 0. The summed E-state index contributed by atoms with van der Waals surface area (Å²) in [6.07, 6.45) is -4.70. The van der Waals surface area contributed by atoms with E-state index in [2.05, 4.69) is 31.9 Å². The molecular formula is C25H19Br2F3O2. The quantitative estimate of drug-likeness (QED) is 0.248. The SMILES string of the molecule is CC(=O)c1ccc2cc(Br)ccc2c1.CC(O)(c1ccc2cc(Br)ccc2c1)C(F)(F)F. The Bertz CT molecular complexity index is 1300. The molecule has 1 atom stereocenters. The normalized spacial score (nSPS) is 13.4. The van der Waals surface area contributed by atoms with E-state index >= 15 is 0 Å². The van der Waals surface area contributed by atoms with Crippen molar-refractivity contribution in [3.63, 3.8) is 0 Å². The zero-order valence-corrected chi connectivity index (χ0v) is 20.3. The minimum Gasteiger partial charge on any atom is -0.376 e. The molecule has 4 aromatic rings. The summed E-state index contributed by atoms with van der Waals surface area (Å²) in [5.74, 6) is 0.106. The molecule has 7 heteroatoms. The smallest absolute Gasteiger partial charge is 0.376 e. The molecule has 0 aliphatic carbocycles. The molecule has 1 N–H and O–H groups in total. The minimum absolute atomic E-state index is 0.106. The molecule has 0 saturated heterocycles. The van der Waals surface area contributed by atoms with Gasteiger partial charge in [-0.1, -0.05) is 68.3 Å². The van der Waals surface area contributed by atoms with Crippen LogP contribution < -0.4 is 0 Å². The Kier molecular flexibility index (Phi) is 7.12. The zero-order valence-electron chi connectivity index (χ0n) is 17.2. The maximum atomic E-state index is 12.7. The Morgan fingerprint density at radius 3 is 1.69 bits per heavy atom. The van der Waals surface area contributed by atoms with Crippen LogP contribution in [-0.2, 0) is 5.60 Å². The number of aliphatic hydroxyl groups is 1. The average molecular weight is 568 g/mol. The summed E-state index contributed by atoms with van der Waals surface area (Å²) in [5, 5.41) is 13.3. The van der Waals surface area contributed by atoms with Gasteiger partial charge in [0.1, 0.15) is 0 Å². The van der Waals surface area contributed by atoms with Gasteiger partial charge in [-0.3, -0.25) is 4.79 Å². The highest BCUT2D eigenvalue weighted by Gasteiger charge is 2.51. The van der Waals surface area contributed by atoms with Crippen LogP contribution in [-0.4, -0.2) is 17.1 Å². The van der Waals surface area contributed by atoms with E-state index in [4.69, 9.17) is 0 Å². The second-order valence-corrected chi connectivity index (χ2v) is 9.37. The highest BCUT2D eigenvalue weighted by atomic mass is 79.9.